The van der Waals surface area contributed by atoms with Gasteiger partial charge >= 0.3 is 0 Å². The van der Waals surface area contributed by atoms with Gasteiger partial charge in [0.2, 0.25) is 10.0 Å². The van der Waals surface area contributed by atoms with Crippen molar-refractivity contribution in [3.05, 3.63) is 29.8 Å². The van der Waals surface area contributed by atoms with E-state index < -0.39 is 10.0 Å². The predicted molar refractivity (Wildman–Crippen MR) is 64.8 cm³/mol. The van der Waals surface area contributed by atoms with Crippen molar-refractivity contribution >= 4 is 15.7 Å². The highest BCUT2D eigenvalue weighted by Crippen LogP contribution is 2.29. The van der Waals surface area contributed by atoms with Crippen LogP contribution in [0.3, 0.4) is 0 Å². The van der Waals surface area contributed by atoms with E-state index in [1.165, 1.54) is 0 Å². The van der Waals surface area contributed by atoms with Crippen LogP contribution in [0.25, 0.3) is 0 Å². The van der Waals surface area contributed by atoms with Crippen LogP contribution in [0.5, 0.6) is 0 Å². The lowest BCUT2D eigenvalue weighted by Crippen LogP contribution is -2.17. The second-order valence-corrected chi connectivity index (χ2v) is 6.04. The van der Waals surface area contributed by atoms with E-state index in [1.807, 2.05) is 25.2 Å². The average molecular weight is 240 g/mol. The molecule has 0 unspecified atom stereocenters. The Balaban J connectivity index is 2.11. The summed E-state index contributed by atoms with van der Waals surface area (Å²) in [5.41, 5.74) is 1.72. The minimum atomic E-state index is -3.14. The molecule has 0 aliphatic heterocycles. The molecule has 88 valence electrons. The van der Waals surface area contributed by atoms with E-state index in [0.29, 0.717) is 5.69 Å². The molecule has 0 saturated heterocycles. The third-order valence-corrected chi connectivity index (χ3v) is 4.40. The molecule has 5 heteroatoms. The Labute approximate surface area is 96.1 Å². The monoisotopic (exact) mass is 240 g/mol. The lowest BCUT2D eigenvalue weighted by molar-refractivity contribution is 0.600. The van der Waals surface area contributed by atoms with Crippen LogP contribution in [0.4, 0.5) is 5.69 Å². The fraction of sp³-hybridized carbons (Fsp3) is 0.455. The molecule has 0 aromatic heterocycles. The van der Waals surface area contributed by atoms with Crippen molar-refractivity contribution in [2.45, 2.75) is 24.6 Å². The van der Waals surface area contributed by atoms with Gasteiger partial charge in [0, 0.05) is 12.2 Å². The van der Waals surface area contributed by atoms with Gasteiger partial charge < -0.3 is 5.32 Å². The summed E-state index contributed by atoms with van der Waals surface area (Å²) >= 11 is 0. The van der Waals surface area contributed by atoms with Gasteiger partial charge in [-0.05, 0) is 37.6 Å². The Hall–Kier alpha value is -1.07. The summed E-state index contributed by atoms with van der Waals surface area (Å²) in [5.74, 6) is 0. The summed E-state index contributed by atoms with van der Waals surface area (Å²) in [7, 11) is -1.28. The van der Waals surface area contributed by atoms with Gasteiger partial charge in [-0.2, -0.15) is 0 Å². The normalized spacial score (nSPS) is 16.1. The van der Waals surface area contributed by atoms with Gasteiger partial charge in [0.15, 0.2) is 0 Å². The second-order valence-electron chi connectivity index (χ2n) is 4.08. The van der Waals surface area contributed by atoms with Crippen molar-refractivity contribution in [3.8, 4) is 0 Å². The molecule has 1 aromatic rings. The van der Waals surface area contributed by atoms with E-state index in [9.17, 15) is 8.42 Å². The van der Waals surface area contributed by atoms with Crippen molar-refractivity contribution < 1.29 is 8.42 Å². The van der Waals surface area contributed by atoms with E-state index in [4.69, 9.17) is 0 Å². The first-order chi connectivity index (χ1) is 7.62. The van der Waals surface area contributed by atoms with Crippen LogP contribution in [0, 0.1) is 0 Å². The van der Waals surface area contributed by atoms with Crippen LogP contribution in [-0.4, -0.2) is 20.7 Å². The molecule has 1 fully saturated rings. The molecule has 1 aromatic carbocycles. The quantitative estimate of drug-likeness (QED) is 0.816. The van der Waals surface area contributed by atoms with Gasteiger partial charge in [-0.25, -0.2) is 8.42 Å². The first kappa shape index (κ1) is 11.4. The highest BCUT2D eigenvalue weighted by atomic mass is 32.2. The fourth-order valence-corrected chi connectivity index (χ4v) is 2.95. The molecule has 1 aliphatic carbocycles. The van der Waals surface area contributed by atoms with Crippen LogP contribution in [-0.2, 0) is 16.6 Å². The molecule has 1 aliphatic rings. The Morgan fingerprint density at radius 3 is 2.75 bits per heavy atom. The highest BCUT2D eigenvalue weighted by molar-refractivity contribution is 7.93. The Morgan fingerprint density at radius 1 is 1.38 bits per heavy atom. The number of rotatable bonds is 5. The lowest BCUT2D eigenvalue weighted by atomic mass is 10.2. The predicted octanol–water partition coefficient (Wildman–Crippen LogP) is 1.31. The van der Waals surface area contributed by atoms with E-state index in [0.717, 1.165) is 24.9 Å². The smallest absolute Gasteiger partial charge is 0.235 e. The minimum Gasteiger partial charge on any atom is -0.316 e. The number of nitrogens with one attached hydrogen (secondary N) is 2. The molecule has 2 N–H and O–H groups in total. The number of anilines is 1. The molecule has 0 heterocycles. The summed E-state index contributed by atoms with van der Waals surface area (Å²) in [5, 5.41) is 2.85. The zero-order valence-corrected chi connectivity index (χ0v) is 10.0. The van der Waals surface area contributed by atoms with Crippen LogP contribution in [0.15, 0.2) is 24.3 Å². The first-order valence-corrected chi connectivity index (χ1v) is 6.91. The highest BCUT2D eigenvalue weighted by Gasteiger charge is 2.35. The summed E-state index contributed by atoms with van der Waals surface area (Å²) in [4.78, 5) is 0. The van der Waals surface area contributed by atoms with Gasteiger partial charge in [0.1, 0.15) is 0 Å². The number of benzene rings is 1. The Bertz CT molecular complexity index is 467. The third-order valence-electron chi connectivity index (χ3n) is 2.53. The van der Waals surface area contributed by atoms with E-state index in [2.05, 4.69) is 10.0 Å². The molecule has 0 bridgehead atoms. The van der Waals surface area contributed by atoms with Crippen molar-refractivity contribution in [1.29, 1.82) is 0 Å². The van der Waals surface area contributed by atoms with Crippen LogP contribution >= 0.6 is 0 Å². The third kappa shape index (κ3) is 2.74. The molecular weight excluding hydrogens is 224 g/mol. The van der Waals surface area contributed by atoms with E-state index in [-0.39, 0.29) is 5.25 Å². The van der Waals surface area contributed by atoms with Crippen LogP contribution in [0.1, 0.15) is 18.4 Å². The zero-order chi connectivity index (χ0) is 11.6. The fourth-order valence-electron chi connectivity index (χ4n) is 1.57. The zero-order valence-electron chi connectivity index (χ0n) is 9.23. The number of sulfonamides is 1. The second kappa shape index (κ2) is 4.43. The van der Waals surface area contributed by atoms with Crippen molar-refractivity contribution in [1.82, 2.24) is 5.32 Å². The standard InChI is InChI=1S/C11H16N2O2S/c1-12-8-9-3-2-4-10(7-9)13-16(14,15)11-5-6-11/h2-4,7,11-13H,5-6,8H2,1H3. The topological polar surface area (TPSA) is 58.2 Å². The molecule has 0 amide bonds. The largest absolute Gasteiger partial charge is 0.316 e. The number of hydrogen-bond acceptors (Lipinski definition) is 3. The Kier molecular flexibility index (Phi) is 3.16. The van der Waals surface area contributed by atoms with Crippen molar-refractivity contribution in [2.24, 2.45) is 0 Å². The maximum Gasteiger partial charge on any atom is 0.235 e. The molecule has 0 radical (unpaired) electrons. The first-order valence-electron chi connectivity index (χ1n) is 5.37. The summed E-state index contributed by atoms with van der Waals surface area (Å²) in [6.45, 7) is 0.735. The molecule has 0 atom stereocenters. The number of hydrogen-bond donors (Lipinski definition) is 2. The summed E-state index contributed by atoms with van der Waals surface area (Å²) < 4.78 is 26.0. The summed E-state index contributed by atoms with van der Waals surface area (Å²) in [6, 6.07) is 7.46. The molecule has 1 saturated carbocycles. The Morgan fingerprint density at radius 2 is 2.12 bits per heavy atom. The summed E-state index contributed by atoms with van der Waals surface area (Å²) in [6.07, 6.45) is 1.57. The maximum atomic E-state index is 11.7. The van der Waals surface area contributed by atoms with Crippen LogP contribution in [0.2, 0.25) is 0 Å². The molecule has 0 spiro atoms. The van der Waals surface area contributed by atoms with Crippen molar-refractivity contribution in [2.75, 3.05) is 11.8 Å². The molecular formula is C11H16N2O2S. The SMILES string of the molecule is CNCc1cccc(NS(=O)(=O)C2CC2)c1. The van der Waals surface area contributed by atoms with Crippen LogP contribution < -0.4 is 10.0 Å². The minimum absolute atomic E-state index is 0.180. The van der Waals surface area contributed by atoms with Gasteiger partial charge in [-0.1, -0.05) is 12.1 Å². The molecule has 2 rings (SSSR count). The molecule has 16 heavy (non-hydrogen) atoms. The van der Waals surface area contributed by atoms with Gasteiger partial charge in [0.05, 0.1) is 5.25 Å². The van der Waals surface area contributed by atoms with Gasteiger partial charge in [-0.15, -0.1) is 0 Å². The maximum absolute atomic E-state index is 11.7. The van der Waals surface area contributed by atoms with E-state index >= 15 is 0 Å². The lowest BCUT2D eigenvalue weighted by Gasteiger charge is -2.08. The van der Waals surface area contributed by atoms with E-state index in [1.54, 1.807) is 6.07 Å². The van der Waals surface area contributed by atoms with Gasteiger partial charge in [-0.3, -0.25) is 4.72 Å². The van der Waals surface area contributed by atoms with Gasteiger partial charge in [0.25, 0.3) is 0 Å². The molecule has 4 nitrogen and oxygen atoms in total. The average Bonchev–Trinajstić information content (AvgIpc) is 3.01. The van der Waals surface area contributed by atoms with Crippen molar-refractivity contribution in [3.63, 3.8) is 0 Å².